The molecule has 0 aromatic carbocycles. The topological polar surface area (TPSA) is 124 Å². The molecule has 0 spiro atoms. The van der Waals surface area contributed by atoms with Gasteiger partial charge in [0.2, 0.25) is 0 Å². The Kier molecular flexibility index (Phi) is 11.7. The van der Waals surface area contributed by atoms with Gasteiger partial charge in [0.1, 0.15) is 6.10 Å². The van der Waals surface area contributed by atoms with E-state index in [2.05, 4.69) is 13.0 Å². The molecular formula is C23H38MgO7. The fourth-order valence-electron chi connectivity index (χ4n) is 4.52. The van der Waals surface area contributed by atoms with Crippen molar-refractivity contribution >= 4 is 35.0 Å². The second-order valence-corrected chi connectivity index (χ2v) is 8.88. The number of carboxylic acid groups (broad SMARTS) is 1. The van der Waals surface area contributed by atoms with Crippen molar-refractivity contribution in [3.63, 3.8) is 0 Å². The molecule has 174 valence electrons. The van der Waals surface area contributed by atoms with Crippen LogP contribution in [-0.4, -0.2) is 79.8 Å². The van der Waals surface area contributed by atoms with Crippen LogP contribution in [0.2, 0.25) is 0 Å². The molecule has 0 aliphatic heterocycles. The third kappa shape index (κ3) is 8.17. The second kappa shape index (κ2) is 12.9. The van der Waals surface area contributed by atoms with Crippen molar-refractivity contribution in [2.24, 2.45) is 23.7 Å². The molecule has 8 heteroatoms. The number of aliphatic carboxylic acids is 1. The van der Waals surface area contributed by atoms with Gasteiger partial charge < -0.3 is 28.0 Å². The van der Waals surface area contributed by atoms with Gasteiger partial charge in [0.25, 0.3) is 0 Å². The molecule has 0 heterocycles. The van der Waals surface area contributed by atoms with Gasteiger partial charge in [0.05, 0.1) is 30.7 Å². The molecule has 1 unspecified atom stereocenters. The van der Waals surface area contributed by atoms with E-state index in [1.807, 2.05) is 26.0 Å². The summed E-state index contributed by atoms with van der Waals surface area (Å²) in [7, 11) is 0. The number of aliphatic hydroxyl groups excluding tert-OH is 3. The molecular weight excluding hydrogens is 413 g/mol. The number of carbonyl (C=O) groups is 2. The van der Waals surface area contributed by atoms with Gasteiger partial charge in [-0.1, -0.05) is 39.0 Å². The smallest absolute Gasteiger partial charge is 1.00 e. The first-order chi connectivity index (χ1) is 14.1. The van der Waals surface area contributed by atoms with E-state index in [9.17, 15) is 24.9 Å². The number of aliphatic hydroxyl groups is 3. The third-order valence-electron chi connectivity index (χ3n) is 6.44. The average molecular weight is 451 g/mol. The van der Waals surface area contributed by atoms with Crippen LogP contribution in [0.3, 0.4) is 0 Å². The minimum absolute atomic E-state index is 0. The Morgan fingerprint density at radius 3 is 2.58 bits per heavy atom. The monoisotopic (exact) mass is 450 g/mol. The Labute approximate surface area is 203 Å². The molecule has 0 amide bonds. The van der Waals surface area contributed by atoms with Crippen LogP contribution in [0.5, 0.6) is 0 Å². The summed E-state index contributed by atoms with van der Waals surface area (Å²) >= 11 is 0. The summed E-state index contributed by atoms with van der Waals surface area (Å²) in [5, 5.41) is 39.1. The number of hydrogen-bond acceptors (Lipinski definition) is 6. The maximum absolute atomic E-state index is 12.4. The van der Waals surface area contributed by atoms with E-state index in [0.717, 1.165) is 5.57 Å². The van der Waals surface area contributed by atoms with Gasteiger partial charge in [-0.2, -0.15) is 0 Å². The van der Waals surface area contributed by atoms with Crippen molar-refractivity contribution < 1.29 is 37.6 Å². The zero-order valence-corrected chi connectivity index (χ0v) is 20.2. The van der Waals surface area contributed by atoms with Crippen molar-refractivity contribution in [2.75, 3.05) is 0 Å². The van der Waals surface area contributed by atoms with Crippen LogP contribution < -0.4 is 0 Å². The Balaban J connectivity index is 0. The molecule has 2 aliphatic carbocycles. The third-order valence-corrected chi connectivity index (χ3v) is 6.44. The van der Waals surface area contributed by atoms with Crippen molar-refractivity contribution in [3.8, 4) is 0 Å². The first kappa shape index (κ1) is 28.1. The number of rotatable bonds is 10. The fraction of sp³-hybridized carbons (Fsp3) is 0.739. The summed E-state index contributed by atoms with van der Waals surface area (Å²) in [4.78, 5) is 23.1. The molecule has 0 aromatic rings. The van der Waals surface area contributed by atoms with Crippen LogP contribution in [0.4, 0.5) is 0 Å². The molecule has 2 rings (SSSR count). The van der Waals surface area contributed by atoms with E-state index in [4.69, 9.17) is 9.84 Å². The number of carboxylic acids is 1. The average Bonchev–Trinajstić information content (AvgIpc) is 2.65. The fourth-order valence-corrected chi connectivity index (χ4v) is 4.52. The van der Waals surface area contributed by atoms with Gasteiger partial charge in [-0.3, -0.25) is 9.59 Å². The predicted octanol–water partition coefficient (Wildman–Crippen LogP) is 2.28. The van der Waals surface area contributed by atoms with Gasteiger partial charge in [-0.05, 0) is 43.1 Å². The predicted molar refractivity (Wildman–Crippen MR) is 119 cm³/mol. The number of fused-ring (bicyclic) bond motifs is 1. The summed E-state index contributed by atoms with van der Waals surface area (Å²) in [6, 6.07) is 0. The molecule has 8 atom stereocenters. The Morgan fingerprint density at radius 1 is 1.29 bits per heavy atom. The standard InChI is InChI=1S/C23H36O7.Mg.2H/c1-4-13(2)23(29)30-20-11-17(25)9-15-6-5-14(3)19(22(15)20)8-7-16(24)10-18(26)12-21(27)28;;;/h5-6,9,13-14,16-20,22,24-26H,4,7-8,10-12H2,1-3H3,(H,27,28);;;/q;+2;2*-1/t13-,14-,16+,17+,18?,19-,20-,22-;;;/m0.../s1. The maximum atomic E-state index is 12.4. The SMILES string of the molecule is CC[C@H](C)C(=O)O[C@H]1C[C@H](O)C=C2C=C[C@H](C)[C@H](CC[C@@H](O)CC(O)CC(=O)O)[C@H]21.[H-].[H-].[Mg+2]. The van der Waals surface area contributed by atoms with Crippen LogP contribution in [0.25, 0.3) is 0 Å². The number of allylic oxidation sites excluding steroid dienone is 2. The molecule has 0 bridgehead atoms. The summed E-state index contributed by atoms with van der Waals surface area (Å²) in [5.41, 5.74) is 0.958. The molecule has 4 N–H and O–H groups in total. The Morgan fingerprint density at radius 2 is 1.97 bits per heavy atom. The van der Waals surface area contributed by atoms with Crippen LogP contribution in [-0.2, 0) is 14.3 Å². The van der Waals surface area contributed by atoms with Crippen molar-refractivity contribution in [3.05, 3.63) is 23.8 Å². The van der Waals surface area contributed by atoms with Crippen LogP contribution in [0.15, 0.2) is 23.8 Å². The van der Waals surface area contributed by atoms with Gasteiger partial charge in [-0.15, -0.1) is 0 Å². The molecule has 2 aliphatic rings. The van der Waals surface area contributed by atoms with E-state index < -0.39 is 30.4 Å². The minimum Gasteiger partial charge on any atom is -1.00 e. The van der Waals surface area contributed by atoms with Crippen molar-refractivity contribution in [2.45, 2.75) is 83.7 Å². The molecule has 0 saturated heterocycles. The normalized spacial score (nSPS) is 30.3. The van der Waals surface area contributed by atoms with E-state index in [0.29, 0.717) is 25.7 Å². The van der Waals surface area contributed by atoms with Gasteiger partial charge in [-0.25, -0.2) is 0 Å². The van der Waals surface area contributed by atoms with E-state index in [1.165, 1.54) is 0 Å². The number of esters is 1. The Hall–Kier alpha value is -0.934. The zero-order chi connectivity index (χ0) is 22.4. The summed E-state index contributed by atoms with van der Waals surface area (Å²) in [6.45, 7) is 5.85. The number of carbonyl (C=O) groups excluding carboxylic acids is 1. The van der Waals surface area contributed by atoms with Crippen molar-refractivity contribution in [1.82, 2.24) is 0 Å². The second-order valence-electron chi connectivity index (χ2n) is 8.88. The molecule has 0 fully saturated rings. The molecule has 0 aromatic heterocycles. The molecule has 31 heavy (non-hydrogen) atoms. The minimum atomic E-state index is -1.10. The van der Waals surface area contributed by atoms with Gasteiger partial charge in [0, 0.05) is 12.3 Å². The van der Waals surface area contributed by atoms with Gasteiger partial charge in [0.15, 0.2) is 0 Å². The van der Waals surface area contributed by atoms with Crippen LogP contribution in [0.1, 0.15) is 62.1 Å². The maximum Gasteiger partial charge on any atom is 2.00 e. The van der Waals surface area contributed by atoms with E-state index in [1.54, 1.807) is 0 Å². The zero-order valence-electron chi connectivity index (χ0n) is 20.8. The van der Waals surface area contributed by atoms with E-state index in [-0.39, 0.29) is 68.4 Å². The first-order valence-electron chi connectivity index (χ1n) is 11.0. The Bertz CT molecular complexity index is 673. The molecule has 0 saturated carbocycles. The number of ether oxygens (including phenoxy) is 1. The van der Waals surface area contributed by atoms with Gasteiger partial charge >= 0.3 is 35.0 Å². The van der Waals surface area contributed by atoms with Crippen LogP contribution in [0, 0.1) is 23.7 Å². The summed E-state index contributed by atoms with van der Waals surface area (Å²) in [5.74, 6) is -1.31. The van der Waals surface area contributed by atoms with E-state index >= 15 is 0 Å². The van der Waals surface area contributed by atoms with Crippen LogP contribution >= 0.6 is 0 Å². The summed E-state index contributed by atoms with van der Waals surface area (Å²) < 4.78 is 5.84. The largest absolute Gasteiger partial charge is 2.00 e. The first-order valence-corrected chi connectivity index (χ1v) is 11.0. The quantitative estimate of drug-likeness (QED) is 0.297. The number of hydrogen-bond donors (Lipinski definition) is 4. The van der Waals surface area contributed by atoms with Crippen molar-refractivity contribution in [1.29, 1.82) is 0 Å². The molecule has 7 nitrogen and oxygen atoms in total. The molecule has 0 radical (unpaired) electrons. The summed E-state index contributed by atoms with van der Waals surface area (Å²) in [6.07, 6.45) is 4.64.